The van der Waals surface area contributed by atoms with E-state index in [9.17, 15) is 14.7 Å². The zero-order valence-electron chi connectivity index (χ0n) is 22.3. The molecule has 0 spiro atoms. The highest BCUT2D eigenvalue weighted by Gasteiger charge is 2.41. The second-order valence-corrected chi connectivity index (χ2v) is 11.2. The molecule has 0 saturated carbocycles. The Bertz CT molecular complexity index is 1590. The van der Waals surface area contributed by atoms with E-state index in [-0.39, 0.29) is 12.5 Å². The molecule has 2 heterocycles. The van der Waals surface area contributed by atoms with Gasteiger partial charge in [-0.3, -0.25) is 4.79 Å². The third-order valence-corrected chi connectivity index (χ3v) is 8.33. The van der Waals surface area contributed by atoms with E-state index in [0.29, 0.717) is 25.2 Å². The molecule has 1 aliphatic heterocycles. The van der Waals surface area contributed by atoms with Crippen LogP contribution in [0.5, 0.6) is 0 Å². The maximum Gasteiger partial charge on any atom is 0.407 e. The van der Waals surface area contributed by atoms with Gasteiger partial charge < -0.3 is 15.3 Å². The summed E-state index contributed by atoms with van der Waals surface area (Å²) in [6, 6.07) is 36.7. The molecule has 6 rings (SSSR count). The van der Waals surface area contributed by atoms with Gasteiger partial charge in [0.2, 0.25) is 5.91 Å². The fourth-order valence-electron chi connectivity index (χ4n) is 5.93. The summed E-state index contributed by atoms with van der Waals surface area (Å²) in [5.74, 6) is -0.243. The minimum absolute atomic E-state index is 0.172. The van der Waals surface area contributed by atoms with E-state index in [2.05, 4.69) is 57.6 Å². The number of nitrogens with one attached hydrogen (secondary N) is 1. The van der Waals surface area contributed by atoms with Gasteiger partial charge in [0, 0.05) is 22.9 Å². The molecule has 0 aliphatic carbocycles. The number of halogens is 1. The van der Waals surface area contributed by atoms with Crippen LogP contribution in [-0.2, 0) is 10.3 Å². The summed E-state index contributed by atoms with van der Waals surface area (Å²) < 4.78 is 2.87. The molecule has 206 valence electrons. The molecule has 7 nitrogen and oxygen atoms in total. The number of hydrogen-bond acceptors (Lipinski definition) is 3. The van der Waals surface area contributed by atoms with Crippen molar-refractivity contribution >= 4 is 44.7 Å². The van der Waals surface area contributed by atoms with Crippen molar-refractivity contribution in [2.45, 2.75) is 18.4 Å². The quantitative estimate of drug-likeness (QED) is 0.204. The maximum absolute atomic E-state index is 13.5. The molecule has 1 unspecified atom stereocenters. The summed E-state index contributed by atoms with van der Waals surface area (Å²) in [6.07, 6.45) is 0.268. The van der Waals surface area contributed by atoms with E-state index in [1.165, 1.54) is 4.90 Å². The summed E-state index contributed by atoms with van der Waals surface area (Å²) in [5, 5.41) is 18.5. The molecule has 5 aromatic rings. The lowest BCUT2D eigenvalue weighted by Gasteiger charge is -2.37. The smallest absolute Gasteiger partial charge is 0.407 e. The fourth-order valence-corrected chi connectivity index (χ4v) is 6.29. The first kappa shape index (κ1) is 26.8. The van der Waals surface area contributed by atoms with Gasteiger partial charge in [-0.15, -0.1) is 0 Å². The van der Waals surface area contributed by atoms with Crippen molar-refractivity contribution in [3.05, 3.63) is 130 Å². The molecule has 41 heavy (non-hydrogen) atoms. The first-order chi connectivity index (χ1) is 20.0. The summed E-state index contributed by atoms with van der Waals surface area (Å²) in [6.45, 7) is 0.614. The number of anilines is 1. The highest BCUT2D eigenvalue weighted by Crippen LogP contribution is 2.43. The number of benzene rings is 4. The molecule has 2 amide bonds. The standard InChI is InChI=1S/C33H29BrN4O3/c34-27-18-19-29-28(21-27)30(35-31(39)23-11-10-20-37(22-23)32(40)41)36-38(29)33(24-12-4-1-5-13-24,25-14-6-2-7-15-25)26-16-8-3-9-17-26/h1-9,12-19,21,23H,10-11,20,22H2,(H,40,41)(H,35,36,39). The highest BCUT2D eigenvalue weighted by atomic mass is 79.9. The van der Waals surface area contributed by atoms with Gasteiger partial charge in [-0.05, 0) is 47.7 Å². The monoisotopic (exact) mass is 608 g/mol. The number of carbonyl (C=O) groups excluding carboxylic acids is 1. The maximum atomic E-state index is 13.5. The van der Waals surface area contributed by atoms with Gasteiger partial charge in [0.05, 0.1) is 11.4 Å². The number of hydrogen-bond donors (Lipinski definition) is 2. The van der Waals surface area contributed by atoms with Crippen LogP contribution in [0, 0.1) is 5.92 Å². The zero-order valence-corrected chi connectivity index (χ0v) is 23.9. The highest BCUT2D eigenvalue weighted by molar-refractivity contribution is 9.10. The van der Waals surface area contributed by atoms with Crippen molar-refractivity contribution in [2.24, 2.45) is 5.92 Å². The number of likely N-dealkylation sites (tertiary alicyclic amines) is 1. The van der Waals surface area contributed by atoms with Crippen LogP contribution in [0.1, 0.15) is 29.5 Å². The van der Waals surface area contributed by atoms with Gasteiger partial charge in [0.25, 0.3) is 0 Å². The number of carbonyl (C=O) groups is 2. The number of aromatic nitrogens is 2. The summed E-state index contributed by atoms with van der Waals surface area (Å²) >= 11 is 3.61. The van der Waals surface area contributed by atoms with Crippen LogP contribution in [-0.4, -0.2) is 44.9 Å². The zero-order chi connectivity index (χ0) is 28.4. The largest absolute Gasteiger partial charge is 0.465 e. The molecule has 4 aromatic carbocycles. The van der Waals surface area contributed by atoms with Gasteiger partial charge in [-0.2, -0.15) is 5.10 Å². The Balaban J connectivity index is 1.57. The molecule has 1 atom stereocenters. The van der Waals surface area contributed by atoms with Crippen LogP contribution in [0.4, 0.5) is 10.6 Å². The van der Waals surface area contributed by atoms with Gasteiger partial charge in [-0.1, -0.05) is 107 Å². The molecule has 0 radical (unpaired) electrons. The average Bonchev–Trinajstić information content (AvgIpc) is 3.36. The van der Waals surface area contributed by atoms with Crippen molar-refractivity contribution in [1.29, 1.82) is 0 Å². The van der Waals surface area contributed by atoms with Gasteiger partial charge in [0.15, 0.2) is 5.82 Å². The van der Waals surface area contributed by atoms with Gasteiger partial charge in [-0.25, -0.2) is 9.48 Å². The number of rotatable bonds is 6. The molecular weight excluding hydrogens is 580 g/mol. The van der Waals surface area contributed by atoms with Crippen LogP contribution >= 0.6 is 15.9 Å². The van der Waals surface area contributed by atoms with Crippen molar-refractivity contribution < 1.29 is 14.7 Å². The van der Waals surface area contributed by atoms with Crippen LogP contribution in [0.15, 0.2) is 114 Å². The molecule has 2 N–H and O–H groups in total. The number of carboxylic acid groups (broad SMARTS) is 1. The van der Waals surface area contributed by atoms with Crippen molar-refractivity contribution in [1.82, 2.24) is 14.7 Å². The predicted molar refractivity (Wildman–Crippen MR) is 163 cm³/mol. The Labute approximate surface area is 246 Å². The first-order valence-corrected chi connectivity index (χ1v) is 14.4. The second-order valence-electron chi connectivity index (χ2n) is 10.3. The lowest BCUT2D eigenvalue weighted by Crippen LogP contribution is -2.43. The SMILES string of the molecule is O=C(Nc1nn(C(c2ccccc2)(c2ccccc2)c2ccccc2)c2ccc(Br)cc12)C1CCCN(C(=O)O)C1. The molecule has 1 aromatic heterocycles. The third-order valence-electron chi connectivity index (χ3n) is 7.84. The molecule has 8 heteroatoms. The lowest BCUT2D eigenvalue weighted by molar-refractivity contribution is -0.121. The Hall–Kier alpha value is -4.43. The van der Waals surface area contributed by atoms with E-state index in [1.807, 2.05) is 77.5 Å². The lowest BCUT2D eigenvalue weighted by atomic mass is 9.77. The Morgan fingerprint density at radius 1 is 0.854 bits per heavy atom. The predicted octanol–water partition coefficient (Wildman–Crippen LogP) is 6.97. The van der Waals surface area contributed by atoms with Crippen LogP contribution in [0.2, 0.25) is 0 Å². The molecule has 1 aliphatic rings. The van der Waals surface area contributed by atoms with Crippen molar-refractivity contribution in [3.8, 4) is 0 Å². The van der Waals surface area contributed by atoms with E-state index in [1.54, 1.807) is 0 Å². The number of fused-ring (bicyclic) bond motifs is 1. The molecule has 1 saturated heterocycles. The number of piperidine rings is 1. The van der Waals surface area contributed by atoms with E-state index >= 15 is 0 Å². The Morgan fingerprint density at radius 3 is 1.95 bits per heavy atom. The summed E-state index contributed by atoms with van der Waals surface area (Å²) in [5.41, 5.74) is 3.05. The summed E-state index contributed by atoms with van der Waals surface area (Å²) in [7, 11) is 0. The Kier molecular flexibility index (Phi) is 7.32. The molecular formula is C33H29BrN4O3. The number of amides is 2. The normalized spacial score (nSPS) is 15.5. The average molecular weight is 610 g/mol. The van der Waals surface area contributed by atoms with Gasteiger partial charge >= 0.3 is 6.09 Å². The van der Waals surface area contributed by atoms with Crippen LogP contribution in [0.25, 0.3) is 10.9 Å². The second kappa shape index (κ2) is 11.2. The Morgan fingerprint density at radius 2 is 1.41 bits per heavy atom. The molecule has 1 fully saturated rings. The minimum atomic E-state index is -1.00. The van der Waals surface area contributed by atoms with E-state index < -0.39 is 17.6 Å². The van der Waals surface area contributed by atoms with Crippen molar-refractivity contribution in [3.63, 3.8) is 0 Å². The third kappa shape index (κ3) is 4.89. The first-order valence-electron chi connectivity index (χ1n) is 13.6. The fraction of sp³-hybridized carbons (Fsp3) is 0.182. The minimum Gasteiger partial charge on any atom is -0.465 e. The van der Waals surface area contributed by atoms with Crippen LogP contribution in [0.3, 0.4) is 0 Å². The van der Waals surface area contributed by atoms with E-state index in [0.717, 1.165) is 32.1 Å². The van der Waals surface area contributed by atoms with Crippen molar-refractivity contribution in [2.75, 3.05) is 18.4 Å². The number of nitrogens with zero attached hydrogens (tertiary/aromatic N) is 3. The van der Waals surface area contributed by atoms with Crippen LogP contribution < -0.4 is 5.32 Å². The topological polar surface area (TPSA) is 87.5 Å². The van der Waals surface area contributed by atoms with E-state index in [4.69, 9.17) is 5.10 Å². The summed E-state index contributed by atoms with van der Waals surface area (Å²) in [4.78, 5) is 26.4. The molecule has 0 bridgehead atoms. The van der Waals surface area contributed by atoms with Gasteiger partial charge in [0.1, 0.15) is 5.54 Å².